The van der Waals surface area contributed by atoms with Gasteiger partial charge in [0.2, 0.25) is 0 Å². The SMILES string of the molecule is Cc1ccc(C2C(N)CCCCN2C)c(Br)c1. The van der Waals surface area contributed by atoms with Crippen LogP contribution in [-0.2, 0) is 0 Å². The predicted molar refractivity (Wildman–Crippen MR) is 76.1 cm³/mol. The van der Waals surface area contributed by atoms with Crippen molar-refractivity contribution in [1.82, 2.24) is 4.90 Å². The summed E-state index contributed by atoms with van der Waals surface area (Å²) >= 11 is 3.68. The Labute approximate surface area is 112 Å². The highest BCUT2D eigenvalue weighted by Crippen LogP contribution is 2.33. The van der Waals surface area contributed by atoms with Gasteiger partial charge in [-0.25, -0.2) is 0 Å². The lowest BCUT2D eigenvalue weighted by atomic mass is 9.96. The third-order valence-corrected chi connectivity index (χ3v) is 4.34. The molecule has 2 rings (SSSR count). The van der Waals surface area contributed by atoms with Crippen molar-refractivity contribution in [3.63, 3.8) is 0 Å². The van der Waals surface area contributed by atoms with Gasteiger partial charge in [-0.15, -0.1) is 0 Å². The molecular weight excluding hydrogens is 276 g/mol. The average molecular weight is 297 g/mol. The molecule has 0 spiro atoms. The smallest absolute Gasteiger partial charge is 0.0507 e. The number of benzene rings is 1. The highest BCUT2D eigenvalue weighted by Gasteiger charge is 2.27. The third-order valence-electron chi connectivity index (χ3n) is 3.65. The van der Waals surface area contributed by atoms with E-state index in [0.29, 0.717) is 6.04 Å². The molecule has 1 heterocycles. The van der Waals surface area contributed by atoms with Crippen LogP contribution in [0.2, 0.25) is 0 Å². The standard InChI is InChI=1S/C14H21BrN2/c1-10-6-7-11(12(15)9-10)14-13(16)5-3-4-8-17(14)2/h6-7,9,13-14H,3-5,8,16H2,1-2H3. The average Bonchev–Trinajstić information content (AvgIpc) is 2.42. The molecule has 0 amide bonds. The van der Waals surface area contributed by atoms with E-state index in [1.165, 1.54) is 28.4 Å². The van der Waals surface area contributed by atoms with Crippen molar-refractivity contribution in [2.45, 2.75) is 38.3 Å². The molecule has 1 aliphatic rings. The molecule has 94 valence electrons. The summed E-state index contributed by atoms with van der Waals surface area (Å²) in [7, 11) is 2.18. The molecule has 1 saturated heterocycles. The van der Waals surface area contributed by atoms with Crippen LogP contribution in [0.4, 0.5) is 0 Å². The van der Waals surface area contributed by atoms with Gasteiger partial charge in [0.05, 0.1) is 6.04 Å². The van der Waals surface area contributed by atoms with Crippen LogP contribution in [0.15, 0.2) is 22.7 Å². The Morgan fingerprint density at radius 1 is 1.35 bits per heavy atom. The van der Waals surface area contributed by atoms with Gasteiger partial charge in [0.15, 0.2) is 0 Å². The van der Waals surface area contributed by atoms with E-state index in [-0.39, 0.29) is 6.04 Å². The first-order chi connectivity index (χ1) is 8.09. The van der Waals surface area contributed by atoms with Crippen LogP contribution in [0.1, 0.15) is 36.4 Å². The largest absolute Gasteiger partial charge is 0.326 e. The summed E-state index contributed by atoms with van der Waals surface area (Å²) in [6, 6.07) is 7.15. The van der Waals surface area contributed by atoms with Gasteiger partial charge in [-0.05, 0) is 50.6 Å². The zero-order valence-electron chi connectivity index (χ0n) is 10.6. The van der Waals surface area contributed by atoms with E-state index in [2.05, 4.69) is 53.0 Å². The van der Waals surface area contributed by atoms with E-state index in [9.17, 15) is 0 Å². The number of halogens is 1. The van der Waals surface area contributed by atoms with Gasteiger partial charge in [-0.2, -0.15) is 0 Å². The molecule has 3 heteroatoms. The van der Waals surface area contributed by atoms with Crippen LogP contribution in [-0.4, -0.2) is 24.5 Å². The molecule has 1 aliphatic heterocycles. The molecule has 2 nitrogen and oxygen atoms in total. The topological polar surface area (TPSA) is 29.3 Å². The second-order valence-electron chi connectivity index (χ2n) is 5.11. The molecule has 17 heavy (non-hydrogen) atoms. The lowest BCUT2D eigenvalue weighted by molar-refractivity contribution is 0.229. The first kappa shape index (κ1) is 13.1. The van der Waals surface area contributed by atoms with Crippen molar-refractivity contribution >= 4 is 15.9 Å². The molecule has 2 unspecified atom stereocenters. The summed E-state index contributed by atoms with van der Waals surface area (Å²) in [5, 5.41) is 0. The number of nitrogens with zero attached hydrogens (tertiary/aromatic N) is 1. The molecule has 0 bridgehead atoms. The molecule has 2 N–H and O–H groups in total. The Balaban J connectivity index is 2.34. The van der Waals surface area contributed by atoms with E-state index >= 15 is 0 Å². The van der Waals surface area contributed by atoms with E-state index < -0.39 is 0 Å². The minimum absolute atomic E-state index is 0.238. The summed E-state index contributed by atoms with van der Waals surface area (Å²) in [6.07, 6.45) is 3.62. The second kappa shape index (κ2) is 5.51. The summed E-state index contributed by atoms with van der Waals surface area (Å²) in [5.74, 6) is 0. The zero-order chi connectivity index (χ0) is 12.4. The van der Waals surface area contributed by atoms with Gasteiger partial charge in [0, 0.05) is 10.5 Å². The predicted octanol–water partition coefficient (Wildman–Crippen LogP) is 3.24. The maximum Gasteiger partial charge on any atom is 0.0507 e. The van der Waals surface area contributed by atoms with Gasteiger partial charge >= 0.3 is 0 Å². The van der Waals surface area contributed by atoms with Crippen LogP contribution in [0.5, 0.6) is 0 Å². The van der Waals surface area contributed by atoms with Crippen LogP contribution < -0.4 is 5.73 Å². The van der Waals surface area contributed by atoms with E-state index in [0.717, 1.165) is 13.0 Å². The molecule has 0 saturated carbocycles. The van der Waals surface area contributed by atoms with Gasteiger partial charge in [0.25, 0.3) is 0 Å². The first-order valence-electron chi connectivity index (χ1n) is 6.31. The Kier molecular flexibility index (Phi) is 4.23. The van der Waals surface area contributed by atoms with Crippen molar-refractivity contribution in [3.05, 3.63) is 33.8 Å². The van der Waals surface area contributed by atoms with Crippen LogP contribution in [0.3, 0.4) is 0 Å². The van der Waals surface area contributed by atoms with Gasteiger partial charge < -0.3 is 5.73 Å². The summed E-state index contributed by atoms with van der Waals surface area (Å²) < 4.78 is 1.19. The van der Waals surface area contributed by atoms with Crippen LogP contribution in [0.25, 0.3) is 0 Å². The summed E-state index contributed by atoms with van der Waals surface area (Å²) in [4.78, 5) is 2.40. The quantitative estimate of drug-likeness (QED) is 0.862. The monoisotopic (exact) mass is 296 g/mol. The second-order valence-corrected chi connectivity index (χ2v) is 5.96. The molecular formula is C14H21BrN2. The molecule has 2 atom stereocenters. The number of likely N-dealkylation sites (N-methyl/N-ethyl adjacent to an activating group) is 1. The van der Waals surface area contributed by atoms with Gasteiger partial charge in [-0.1, -0.05) is 34.5 Å². The van der Waals surface area contributed by atoms with Crippen molar-refractivity contribution < 1.29 is 0 Å². The molecule has 0 aromatic heterocycles. The van der Waals surface area contributed by atoms with Crippen molar-refractivity contribution in [1.29, 1.82) is 0 Å². The fourth-order valence-electron chi connectivity index (χ4n) is 2.71. The Morgan fingerprint density at radius 2 is 2.12 bits per heavy atom. The first-order valence-corrected chi connectivity index (χ1v) is 7.11. The highest BCUT2D eigenvalue weighted by molar-refractivity contribution is 9.10. The van der Waals surface area contributed by atoms with Crippen molar-refractivity contribution in [3.8, 4) is 0 Å². The van der Waals surface area contributed by atoms with Gasteiger partial charge in [-0.3, -0.25) is 4.90 Å². The molecule has 1 aromatic carbocycles. The molecule has 1 aromatic rings. The van der Waals surface area contributed by atoms with E-state index in [4.69, 9.17) is 5.73 Å². The van der Waals surface area contributed by atoms with Crippen LogP contribution >= 0.6 is 15.9 Å². The summed E-state index contributed by atoms with van der Waals surface area (Å²) in [5.41, 5.74) is 8.96. The maximum atomic E-state index is 6.35. The minimum atomic E-state index is 0.238. The van der Waals surface area contributed by atoms with Crippen molar-refractivity contribution in [2.75, 3.05) is 13.6 Å². The maximum absolute atomic E-state index is 6.35. The fourth-order valence-corrected chi connectivity index (χ4v) is 3.43. The lowest BCUT2D eigenvalue weighted by Crippen LogP contribution is -2.37. The third kappa shape index (κ3) is 2.90. The van der Waals surface area contributed by atoms with Crippen molar-refractivity contribution in [2.24, 2.45) is 5.73 Å². The number of aryl methyl sites for hydroxylation is 1. The number of likely N-dealkylation sites (tertiary alicyclic amines) is 1. The highest BCUT2D eigenvalue weighted by atomic mass is 79.9. The molecule has 1 fully saturated rings. The molecule has 0 radical (unpaired) electrons. The minimum Gasteiger partial charge on any atom is -0.326 e. The molecule has 0 aliphatic carbocycles. The number of rotatable bonds is 1. The lowest BCUT2D eigenvalue weighted by Gasteiger charge is -2.31. The Morgan fingerprint density at radius 3 is 2.82 bits per heavy atom. The van der Waals surface area contributed by atoms with Gasteiger partial charge in [0.1, 0.15) is 0 Å². The Hall–Kier alpha value is -0.380. The van der Waals surface area contributed by atoms with Crippen LogP contribution in [0, 0.1) is 6.92 Å². The number of nitrogens with two attached hydrogens (primary N) is 1. The number of hydrogen-bond acceptors (Lipinski definition) is 2. The summed E-state index contributed by atoms with van der Waals surface area (Å²) in [6.45, 7) is 3.25. The number of hydrogen-bond donors (Lipinski definition) is 1. The zero-order valence-corrected chi connectivity index (χ0v) is 12.2. The van der Waals surface area contributed by atoms with E-state index in [1.54, 1.807) is 0 Å². The fraction of sp³-hybridized carbons (Fsp3) is 0.571. The van der Waals surface area contributed by atoms with E-state index in [1.807, 2.05) is 0 Å². The normalized spacial score (nSPS) is 26.8. The Bertz CT molecular complexity index is 380.